The quantitative estimate of drug-likeness (QED) is 0.291. The second-order valence-electron chi connectivity index (χ2n) is 10.8. The molecule has 0 aliphatic carbocycles. The van der Waals surface area contributed by atoms with E-state index < -0.39 is 17.8 Å². The van der Waals surface area contributed by atoms with Crippen molar-refractivity contribution in [3.8, 4) is 0 Å². The van der Waals surface area contributed by atoms with Crippen molar-refractivity contribution in [1.82, 2.24) is 0 Å². The van der Waals surface area contributed by atoms with E-state index in [1.165, 1.54) is 15.6 Å². The fourth-order valence-electron chi connectivity index (χ4n) is 5.85. The van der Waals surface area contributed by atoms with Crippen molar-refractivity contribution in [3.63, 3.8) is 0 Å². The van der Waals surface area contributed by atoms with Crippen LogP contribution in [-0.2, 0) is 16.0 Å². The van der Waals surface area contributed by atoms with E-state index in [0.717, 1.165) is 52.3 Å². The van der Waals surface area contributed by atoms with Crippen LogP contribution in [0.1, 0.15) is 68.2 Å². The van der Waals surface area contributed by atoms with Gasteiger partial charge in [0.05, 0.1) is 34.6 Å². The van der Waals surface area contributed by atoms with Crippen LogP contribution in [0.5, 0.6) is 0 Å². The number of rotatable bonds is 9. The molecule has 0 saturated heterocycles. The number of carbonyl (C=O) groups is 2. The van der Waals surface area contributed by atoms with Crippen molar-refractivity contribution in [3.05, 3.63) is 95.1 Å². The fraction of sp³-hybridized carbons (Fsp3) is 0.353. The average molecular weight is 535 g/mol. The lowest BCUT2D eigenvalue weighted by atomic mass is 9.71. The molecule has 6 nitrogen and oxygen atoms in total. The largest absolute Gasteiger partial charge is 0.272 e. The predicted molar refractivity (Wildman–Crippen MR) is 163 cm³/mol. The number of hydrazone groups is 2. The Hall–Kier alpha value is -4.06. The molecular formula is C34H38N4O2. The average Bonchev–Trinajstić information content (AvgIpc) is 3.47. The van der Waals surface area contributed by atoms with Gasteiger partial charge in [-0.15, -0.1) is 0 Å². The van der Waals surface area contributed by atoms with Crippen LogP contribution < -0.4 is 10.0 Å². The van der Waals surface area contributed by atoms with E-state index in [2.05, 4.69) is 31.2 Å². The Balaban J connectivity index is 1.60. The number of carbonyl (C=O) groups excluding carboxylic acids is 2. The lowest BCUT2D eigenvalue weighted by Gasteiger charge is -2.29. The normalized spacial score (nSPS) is 19.7. The van der Waals surface area contributed by atoms with Gasteiger partial charge in [0.15, 0.2) is 0 Å². The molecule has 3 aromatic carbocycles. The first-order valence-electron chi connectivity index (χ1n) is 14.4. The van der Waals surface area contributed by atoms with Crippen LogP contribution in [-0.4, -0.2) is 23.2 Å². The zero-order chi connectivity index (χ0) is 28.4. The minimum Gasteiger partial charge on any atom is -0.272 e. The summed E-state index contributed by atoms with van der Waals surface area (Å²) in [6.45, 7) is 10.3. The van der Waals surface area contributed by atoms with E-state index >= 15 is 0 Å². The molecule has 0 bridgehead atoms. The van der Waals surface area contributed by atoms with Crippen molar-refractivity contribution in [2.75, 3.05) is 10.0 Å². The standard InChI is InChI=1S/C34H38N4O2/c1-6-9-24-14-16-25(17-15-24)30(31-28(7-2)35-37(33(31)39)26-18-10-22(4)11-19-26)32-29(8-3)36-38(34(32)40)27-20-12-23(5)13-21-27/h10-21,30-32H,6-9H2,1-5H3. The third-order valence-corrected chi connectivity index (χ3v) is 8.03. The molecule has 0 radical (unpaired) electrons. The topological polar surface area (TPSA) is 65.3 Å². The molecule has 0 aromatic heterocycles. The van der Waals surface area contributed by atoms with Gasteiger partial charge in [-0.1, -0.05) is 86.8 Å². The van der Waals surface area contributed by atoms with Gasteiger partial charge in [-0.3, -0.25) is 9.59 Å². The number of hydrogen-bond acceptors (Lipinski definition) is 4. The molecule has 40 heavy (non-hydrogen) atoms. The molecule has 3 aromatic rings. The number of amides is 2. The van der Waals surface area contributed by atoms with Gasteiger partial charge in [-0.2, -0.15) is 10.2 Å². The highest BCUT2D eigenvalue weighted by Crippen LogP contribution is 2.43. The van der Waals surface area contributed by atoms with Gasteiger partial charge in [0.2, 0.25) is 0 Å². The van der Waals surface area contributed by atoms with E-state index in [1.807, 2.05) is 76.2 Å². The Bertz CT molecular complexity index is 1350. The summed E-state index contributed by atoms with van der Waals surface area (Å²) in [4.78, 5) is 28.5. The Kier molecular flexibility index (Phi) is 7.97. The van der Waals surface area contributed by atoms with Gasteiger partial charge in [0, 0.05) is 5.92 Å². The minimum atomic E-state index is -0.563. The first-order chi connectivity index (χ1) is 19.4. The van der Waals surface area contributed by atoms with Crippen LogP contribution in [0.2, 0.25) is 0 Å². The molecule has 2 heterocycles. The number of benzene rings is 3. The van der Waals surface area contributed by atoms with Crippen LogP contribution in [0.4, 0.5) is 11.4 Å². The number of nitrogens with zero attached hydrogens (tertiary/aromatic N) is 4. The summed E-state index contributed by atoms with van der Waals surface area (Å²) in [5.41, 5.74) is 7.53. The molecule has 6 heteroatoms. The summed E-state index contributed by atoms with van der Waals surface area (Å²) in [6, 6.07) is 24.1. The summed E-state index contributed by atoms with van der Waals surface area (Å²) in [6.07, 6.45) is 3.28. The summed E-state index contributed by atoms with van der Waals surface area (Å²) >= 11 is 0. The maximum absolute atomic E-state index is 14.2. The van der Waals surface area contributed by atoms with Crippen molar-refractivity contribution in [1.29, 1.82) is 0 Å². The van der Waals surface area contributed by atoms with Crippen LogP contribution in [0.15, 0.2) is 83.0 Å². The van der Waals surface area contributed by atoms with E-state index in [9.17, 15) is 9.59 Å². The zero-order valence-electron chi connectivity index (χ0n) is 24.1. The van der Waals surface area contributed by atoms with Gasteiger partial charge in [0.1, 0.15) is 0 Å². The number of aryl methyl sites for hydroxylation is 3. The Morgan fingerprint density at radius 1 is 0.650 bits per heavy atom. The molecule has 0 fully saturated rings. The summed E-state index contributed by atoms with van der Waals surface area (Å²) in [5.74, 6) is -1.74. The second kappa shape index (κ2) is 11.6. The maximum Gasteiger partial charge on any atom is 0.256 e. The Labute approximate surface area is 237 Å². The molecule has 2 aliphatic heterocycles. The minimum absolute atomic E-state index is 0.0969. The second-order valence-corrected chi connectivity index (χ2v) is 10.8. The number of anilines is 2. The van der Waals surface area contributed by atoms with Crippen LogP contribution in [0.3, 0.4) is 0 Å². The summed E-state index contributed by atoms with van der Waals surface area (Å²) < 4.78 is 0. The van der Waals surface area contributed by atoms with E-state index in [0.29, 0.717) is 12.8 Å². The van der Waals surface area contributed by atoms with E-state index in [1.54, 1.807) is 0 Å². The highest BCUT2D eigenvalue weighted by atomic mass is 16.2. The molecular weight excluding hydrogens is 496 g/mol. The van der Waals surface area contributed by atoms with Gasteiger partial charge < -0.3 is 0 Å². The van der Waals surface area contributed by atoms with Crippen molar-refractivity contribution >= 4 is 34.6 Å². The van der Waals surface area contributed by atoms with Crippen molar-refractivity contribution in [2.24, 2.45) is 22.0 Å². The molecule has 5 rings (SSSR count). The third-order valence-electron chi connectivity index (χ3n) is 8.03. The summed E-state index contributed by atoms with van der Waals surface area (Å²) in [5, 5.41) is 12.7. The molecule has 0 spiro atoms. The maximum atomic E-state index is 14.2. The van der Waals surface area contributed by atoms with Crippen LogP contribution in [0.25, 0.3) is 0 Å². The SMILES string of the molecule is CCCc1ccc(C(C2C(=O)N(c3ccc(C)cc3)N=C2CC)C2C(=O)N(c3ccc(C)cc3)N=C2CC)cc1. The van der Waals surface area contributed by atoms with Crippen molar-refractivity contribution in [2.45, 2.75) is 66.2 Å². The predicted octanol–water partition coefficient (Wildman–Crippen LogP) is 7.20. The smallest absolute Gasteiger partial charge is 0.256 e. The zero-order valence-corrected chi connectivity index (χ0v) is 24.1. The van der Waals surface area contributed by atoms with E-state index in [4.69, 9.17) is 10.2 Å². The molecule has 2 amide bonds. The molecule has 2 unspecified atom stereocenters. The van der Waals surface area contributed by atoms with Crippen molar-refractivity contribution < 1.29 is 9.59 Å². The Morgan fingerprint density at radius 3 is 1.45 bits per heavy atom. The Morgan fingerprint density at radius 2 is 1.07 bits per heavy atom. The fourth-order valence-corrected chi connectivity index (χ4v) is 5.85. The molecule has 0 saturated carbocycles. The highest BCUT2D eigenvalue weighted by molar-refractivity contribution is 6.20. The lowest BCUT2D eigenvalue weighted by Crippen LogP contribution is -2.40. The number of hydrogen-bond donors (Lipinski definition) is 0. The lowest BCUT2D eigenvalue weighted by molar-refractivity contribution is -0.122. The van der Waals surface area contributed by atoms with E-state index in [-0.39, 0.29) is 11.8 Å². The van der Waals surface area contributed by atoms with Gasteiger partial charge in [0.25, 0.3) is 11.8 Å². The molecule has 2 atom stereocenters. The van der Waals surface area contributed by atoms with Crippen LogP contribution in [0, 0.1) is 25.7 Å². The third kappa shape index (κ3) is 5.10. The first kappa shape index (κ1) is 27.5. The monoisotopic (exact) mass is 534 g/mol. The molecule has 206 valence electrons. The van der Waals surface area contributed by atoms with Gasteiger partial charge >= 0.3 is 0 Å². The van der Waals surface area contributed by atoms with Crippen LogP contribution >= 0.6 is 0 Å². The van der Waals surface area contributed by atoms with Gasteiger partial charge in [-0.05, 0) is 68.5 Å². The highest BCUT2D eigenvalue weighted by Gasteiger charge is 2.51. The first-order valence-corrected chi connectivity index (χ1v) is 14.4. The molecule has 0 N–H and O–H groups in total. The summed E-state index contributed by atoms with van der Waals surface area (Å²) in [7, 11) is 0. The van der Waals surface area contributed by atoms with Gasteiger partial charge in [-0.25, -0.2) is 10.0 Å². The molecule has 2 aliphatic rings.